The zero-order valence-electron chi connectivity index (χ0n) is 21.1. The number of hydrogen-bond acceptors (Lipinski definition) is 7. The molecule has 0 saturated carbocycles. The molecule has 3 heterocycles. The van der Waals surface area contributed by atoms with Crippen LogP contribution in [0.2, 0.25) is 0 Å². The van der Waals surface area contributed by atoms with E-state index in [0.717, 1.165) is 28.1 Å². The minimum Gasteiger partial charge on any atom is -0.463 e. The highest BCUT2D eigenvalue weighted by Crippen LogP contribution is 2.31. The van der Waals surface area contributed by atoms with Crippen molar-refractivity contribution in [2.45, 2.75) is 19.9 Å². The van der Waals surface area contributed by atoms with Crippen LogP contribution in [0, 0.1) is 0 Å². The van der Waals surface area contributed by atoms with E-state index in [4.69, 9.17) is 4.74 Å². The number of nitrogens with one attached hydrogen (secondary N) is 1. The van der Waals surface area contributed by atoms with E-state index in [-0.39, 0.29) is 12.2 Å². The molecule has 0 saturated heterocycles. The number of benzene rings is 2. The molecule has 0 fully saturated rings. The molecule has 1 atom stereocenters. The molecule has 37 heavy (non-hydrogen) atoms. The van der Waals surface area contributed by atoms with Gasteiger partial charge in [0.25, 0.3) is 5.56 Å². The highest BCUT2D eigenvalue weighted by Gasteiger charge is 2.33. The Morgan fingerprint density at radius 2 is 1.89 bits per heavy atom. The Morgan fingerprint density at radius 3 is 2.57 bits per heavy atom. The molecule has 1 N–H and O–H groups in total. The molecular formula is C28H27N5O3S. The molecule has 5 rings (SSSR count). The molecule has 0 unspecified atom stereocenters. The van der Waals surface area contributed by atoms with Crippen molar-refractivity contribution in [3.63, 3.8) is 0 Å². The predicted molar refractivity (Wildman–Crippen MR) is 145 cm³/mol. The summed E-state index contributed by atoms with van der Waals surface area (Å²) in [5.74, 6) is -0.471. The largest absolute Gasteiger partial charge is 0.463 e. The minimum absolute atomic E-state index is 0.222. The van der Waals surface area contributed by atoms with Crippen LogP contribution in [-0.4, -0.2) is 41.4 Å². The summed E-state index contributed by atoms with van der Waals surface area (Å²) in [7, 11) is 3.93. The van der Waals surface area contributed by atoms with Crippen molar-refractivity contribution in [1.29, 1.82) is 0 Å². The van der Waals surface area contributed by atoms with Crippen LogP contribution in [0.25, 0.3) is 17.3 Å². The average molecular weight is 514 g/mol. The van der Waals surface area contributed by atoms with E-state index in [1.807, 2.05) is 79.7 Å². The normalized spacial score (nSPS) is 15.4. The standard InChI is InChI=1S/C28H27N5O3S/c1-5-36-27(35)23-17(2)30-28-33(25(23)19-11-13-21(14-12-19)32(3)4)26(34)22(37-28)15-20-16-29-31-24(20)18-9-7-6-8-10-18/h6-16,25H,5H2,1-4H3,(H,29,31)/b22-15+/t25-/m1/s1. The second-order valence-electron chi connectivity index (χ2n) is 8.85. The molecule has 2 aromatic heterocycles. The molecule has 0 aliphatic carbocycles. The fraction of sp³-hybridized carbons (Fsp3) is 0.214. The summed E-state index contributed by atoms with van der Waals surface area (Å²) in [5, 5.41) is 7.23. The van der Waals surface area contributed by atoms with E-state index >= 15 is 0 Å². The van der Waals surface area contributed by atoms with Crippen LogP contribution in [0.15, 0.2) is 81.9 Å². The zero-order chi connectivity index (χ0) is 26.1. The van der Waals surface area contributed by atoms with Crippen LogP contribution in [0.5, 0.6) is 0 Å². The summed E-state index contributed by atoms with van der Waals surface area (Å²) in [4.78, 5) is 34.1. The highest BCUT2D eigenvalue weighted by molar-refractivity contribution is 7.07. The fourth-order valence-corrected chi connectivity index (χ4v) is 5.48. The third-order valence-electron chi connectivity index (χ3n) is 6.26. The number of ether oxygens (including phenoxy) is 1. The molecule has 0 spiro atoms. The van der Waals surface area contributed by atoms with E-state index in [2.05, 4.69) is 15.2 Å². The first kappa shape index (κ1) is 24.5. The number of thiazole rings is 1. The van der Waals surface area contributed by atoms with Crippen LogP contribution in [0.4, 0.5) is 5.69 Å². The molecular weight excluding hydrogens is 486 g/mol. The van der Waals surface area contributed by atoms with Gasteiger partial charge in [0, 0.05) is 30.9 Å². The number of esters is 1. The summed E-state index contributed by atoms with van der Waals surface area (Å²) in [6, 6.07) is 17.0. The summed E-state index contributed by atoms with van der Waals surface area (Å²) in [6.07, 6.45) is 3.53. The van der Waals surface area contributed by atoms with Crippen molar-refractivity contribution in [3.8, 4) is 11.3 Å². The predicted octanol–water partition coefficient (Wildman–Crippen LogP) is 3.25. The SMILES string of the molecule is CCOC(=O)C1=C(C)N=c2s/c(=C/c3cn[nH]c3-c3ccccc3)c(=O)n2[C@@H]1c1ccc(N(C)C)cc1. The van der Waals surface area contributed by atoms with Crippen LogP contribution >= 0.6 is 11.3 Å². The van der Waals surface area contributed by atoms with E-state index < -0.39 is 12.0 Å². The van der Waals surface area contributed by atoms with Crippen molar-refractivity contribution >= 4 is 29.1 Å². The van der Waals surface area contributed by atoms with E-state index in [0.29, 0.717) is 20.6 Å². The van der Waals surface area contributed by atoms with Gasteiger partial charge in [0.05, 0.1) is 40.3 Å². The Labute approximate surface area is 217 Å². The lowest BCUT2D eigenvalue weighted by Gasteiger charge is -2.25. The van der Waals surface area contributed by atoms with Gasteiger partial charge in [-0.15, -0.1) is 0 Å². The zero-order valence-corrected chi connectivity index (χ0v) is 21.9. The Hall–Kier alpha value is -4.24. The van der Waals surface area contributed by atoms with Crippen molar-refractivity contribution in [2.75, 3.05) is 25.6 Å². The number of aromatic amines is 1. The maximum Gasteiger partial charge on any atom is 0.338 e. The second kappa shape index (κ2) is 10.0. The lowest BCUT2D eigenvalue weighted by molar-refractivity contribution is -0.139. The van der Waals surface area contributed by atoms with Gasteiger partial charge >= 0.3 is 5.97 Å². The first-order valence-electron chi connectivity index (χ1n) is 11.9. The second-order valence-corrected chi connectivity index (χ2v) is 9.86. The molecule has 4 aromatic rings. The average Bonchev–Trinajstić information content (AvgIpc) is 3.48. The number of nitrogens with zero attached hydrogens (tertiary/aromatic N) is 4. The summed E-state index contributed by atoms with van der Waals surface area (Å²) < 4.78 is 7.48. The van der Waals surface area contributed by atoms with Gasteiger partial charge in [0.2, 0.25) is 0 Å². The van der Waals surface area contributed by atoms with Gasteiger partial charge in [-0.05, 0) is 37.6 Å². The van der Waals surface area contributed by atoms with Gasteiger partial charge in [-0.1, -0.05) is 53.8 Å². The van der Waals surface area contributed by atoms with E-state index in [9.17, 15) is 9.59 Å². The Morgan fingerprint density at radius 1 is 1.16 bits per heavy atom. The third-order valence-corrected chi connectivity index (χ3v) is 7.24. The number of rotatable bonds is 6. The summed E-state index contributed by atoms with van der Waals surface area (Å²) in [6.45, 7) is 3.78. The van der Waals surface area contributed by atoms with Crippen LogP contribution in [-0.2, 0) is 9.53 Å². The van der Waals surface area contributed by atoms with Crippen molar-refractivity contribution in [3.05, 3.63) is 103 Å². The molecule has 0 amide bonds. The molecule has 0 bridgehead atoms. The highest BCUT2D eigenvalue weighted by atomic mass is 32.1. The first-order chi connectivity index (χ1) is 17.9. The van der Waals surface area contributed by atoms with E-state index in [1.165, 1.54) is 11.3 Å². The van der Waals surface area contributed by atoms with Crippen LogP contribution in [0.1, 0.15) is 31.0 Å². The molecule has 0 radical (unpaired) electrons. The maximum absolute atomic E-state index is 13.8. The maximum atomic E-state index is 13.8. The molecule has 9 heteroatoms. The van der Waals surface area contributed by atoms with Crippen LogP contribution in [0.3, 0.4) is 0 Å². The lowest BCUT2D eigenvalue weighted by atomic mass is 9.95. The first-order valence-corrected chi connectivity index (χ1v) is 12.8. The number of allylic oxidation sites excluding steroid dienone is 1. The van der Waals surface area contributed by atoms with E-state index in [1.54, 1.807) is 24.6 Å². The smallest absolute Gasteiger partial charge is 0.338 e. The van der Waals surface area contributed by atoms with Crippen molar-refractivity contribution < 1.29 is 9.53 Å². The van der Waals surface area contributed by atoms with Gasteiger partial charge in [-0.2, -0.15) is 5.10 Å². The van der Waals surface area contributed by atoms with Gasteiger partial charge < -0.3 is 9.64 Å². The quantitative estimate of drug-likeness (QED) is 0.400. The molecule has 2 aromatic carbocycles. The molecule has 1 aliphatic heterocycles. The summed E-state index contributed by atoms with van der Waals surface area (Å²) >= 11 is 1.29. The van der Waals surface area contributed by atoms with Crippen molar-refractivity contribution in [2.24, 2.45) is 4.99 Å². The third kappa shape index (κ3) is 4.53. The van der Waals surface area contributed by atoms with Crippen LogP contribution < -0.4 is 19.8 Å². The van der Waals surface area contributed by atoms with Gasteiger partial charge in [-0.3, -0.25) is 14.5 Å². The molecule has 1 aliphatic rings. The van der Waals surface area contributed by atoms with Gasteiger partial charge in [0.15, 0.2) is 4.80 Å². The monoisotopic (exact) mass is 513 g/mol. The number of fused-ring (bicyclic) bond motifs is 1. The number of carbonyl (C=O) groups excluding carboxylic acids is 1. The molecule has 188 valence electrons. The Balaban J connectivity index is 1.69. The lowest BCUT2D eigenvalue weighted by Crippen LogP contribution is -2.39. The topological polar surface area (TPSA) is 92.6 Å². The van der Waals surface area contributed by atoms with Gasteiger partial charge in [0.1, 0.15) is 0 Å². The number of carbonyl (C=O) groups is 1. The fourth-order valence-electron chi connectivity index (χ4n) is 4.44. The number of anilines is 1. The number of H-pyrrole nitrogens is 1. The molecule has 8 nitrogen and oxygen atoms in total. The Kier molecular flexibility index (Phi) is 6.62. The van der Waals surface area contributed by atoms with Gasteiger partial charge in [-0.25, -0.2) is 9.79 Å². The number of aromatic nitrogens is 3. The minimum atomic E-state index is -0.647. The summed E-state index contributed by atoms with van der Waals surface area (Å²) in [5.41, 5.74) is 5.10. The number of hydrogen-bond donors (Lipinski definition) is 1. The van der Waals surface area contributed by atoms with Crippen molar-refractivity contribution in [1.82, 2.24) is 14.8 Å². The Bertz CT molecular complexity index is 1660.